The highest BCUT2D eigenvalue weighted by Gasteiger charge is 2.34. The quantitative estimate of drug-likeness (QED) is 0.926. The van der Waals surface area contributed by atoms with Crippen LogP contribution in [-0.4, -0.2) is 20.2 Å². The summed E-state index contributed by atoms with van der Waals surface area (Å²) in [5.41, 5.74) is 4.76. The summed E-state index contributed by atoms with van der Waals surface area (Å²) in [5, 5.41) is 0. The van der Waals surface area contributed by atoms with Gasteiger partial charge in [-0.1, -0.05) is 6.07 Å². The van der Waals surface area contributed by atoms with E-state index in [0.29, 0.717) is 6.07 Å². The molecule has 0 aliphatic heterocycles. The molecule has 106 valence electrons. The van der Waals surface area contributed by atoms with Gasteiger partial charge in [-0.2, -0.15) is 13.2 Å². The molecule has 19 heavy (non-hydrogen) atoms. The van der Waals surface area contributed by atoms with Crippen LogP contribution in [0.4, 0.5) is 13.2 Å². The Kier molecular flexibility index (Phi) is 3.61. The largest absolute Gasteiger partial charge is 0.416 e. The number of hydrogen-bond donors (Lipinski definition) is 1. The average molecular weight is 293 g/mol. The van der Waals surface area contributed by atoms with Gasteiger partial charge in [0.25, 0.3) is 0 Å². The lowest BCUT2D eigenvalue weighted by Gasteiger charge is -2.12. The van der Waals surface area contributed by atoms with Gasteiger partial charge in [-0.3, -0.25) is 0 Å². The van der Waals surface area contributed by atoms with E-state index in [-0.39, 0.29) is 16.6 Å². The minimum absolute atomic E-state index is 0.181. The molecule has 0 radical (unpaired) electrons. The van der Waals surface area contributed by atoms with Crippen molar-refractivity contribution < 1.29 is 21.6 Å². The second kappa shape index (κ2) is 4.79. The van der Waals surface area contributed by atoms with Crippen LogP contribution < -0.4 is 5.73 Å². The number of benzene rings is 1. The van der Waals surface area contributed by atoms with Crippen LogP contribution in [0.3, 0.4) is 0 Å². The molecule has 1 fully saturated rings. The zero-order chi connectivity index (χ0) is 14.3. The molecule has 1 aliphatic rings. The first kappa shape index (κ1) is 14.3. The Labute approximate surface area is 109 Å². The molecule has 2 N–H and O–H groups in total. The summed E-state index contributed by atoms with van der Waals surface area (Å²) in [4.78, 5) is -0.321. The van der Waals surface area contributed by atoms with E-state index in [0.717, 1.165) is 25.0 Å². The average Bonchev–Trinajstić information content (AvgIpc) is 3.11. The van der Waals surface area contributed by atoms with E-state index in [4.69, 9.17) is 5.73 Å². The fraction of sp³-hybridized carbons (Fsp3) is 0.500. The van der Waals surface area contributed by atoms with Crippen molar-refractivity contribution in [3.8, 4) is 0 Å². The van der Waals surface area contributed by atoms with Crippen LogP contribution in [0.1, 0.15) is 18.4 Å². The SMILES string of the molecule is NC(CS(=O)(=O)c1cccc(C(F)(F)F)c1)C1CC1. The number of alkyl halides is 3. The van der Waals surface area contributed by atoms with Gasteiger partial charge in [-0.05, 0) is 37.0 Å². The van der Waals surface area contributed by atoms with E-state index in [1.165, 1.54) is 6.07 Å². The van der Waals surface area contributed by atoms with Crippen LogP contribution in [0.25, 0.3) is 0 Å². The molecule has 0 heterocycles. The van der Waals surface area contributed by atoms with Gasteiger partial charge in [0.15, 0.2) is 9.84 Å². The Morgan fingerprint density at radius 3 is 2.47 bits per heavy atom. The molecular weight excluding hydrogens is 279 g/mol. The normalized spacial score (nSPS) is 18.3. The molecule has 3 nitrogen and oxygen atoms in total. The molecule has 1 aromatic carbocycles. The Hall–Kier alpha value is -1.08. The van der Waals surface area contributed by atoms with Crippen LogP contribution in [0.5, 0.6) is 0 Å². The summed E-state index contributed by atoms with van der Waals surface area (Å²) >= 11 is 0. The predicted molar refractivity (Wildman–Crippen MR) is 64.2 cm³/mol. The molecule has 2 rings (SSSR count). The third kappa shape index (κ3) is 3.48. The summed E-state index contributed by atoms with van der Waals surface area (Å²) in [6.07, 6.45) is -2.78. The number of sulfone groups is 1. The van der Waals surface area contributed by atoms with Crippen molar-refractivity contribution in [3.05, 3.63) is 29.8 Å². The third-order valence-electron chi connectivity index (χ3n) is 3.16. The van der Waals surface area contributed by atoms with Crippen molar-refractivity contribution >= 4 is 9.84 Å². The highest BCUT2D eigenvalue weighted by atomic mass is 32.2. The maximum absolute atomic E-state index is 12.5. The Morgan fingerprint density at radius 1 is 1.32 bits per heavy atom. The first-order chi connectivity index (χ1) is 8.70. The van der Waals surface area contributed by atoms with Crippen molar-refractivity contribution in [1.82, 2.24) is 0 Å². The standard InChI is InChI=1S/C12H14F3NO2S/c13-12(14,15)9-2-1-3-10(6-9)19(17,18)7-11(16)8-4-5-8/h1-3,6,8,11H,4-5,7,16H2. The maximum atomic E-state index is 12.5. The van der Waals surface area contributed by atoms with Gasteiger partial charge in [0.1, 0.15) is 0 Å². The number of hydrogen-bond acceptors (Lipinski definition) is 3. The monoisotopic (exact) mass is 293 g/mol. The Morgan fingerprint density at radius 2 is 1.95 bits per heavy atom. The second-order valence-corrected chi connectivity index (χ2v) is 6.84. The van der Waals surface area contributed by atoms with E-state index in [1.54, 1.807) is 0 Å². The summed E-state index contributed by atoms with van der Waals surface area (Å²) < 4.78 is 61.6. The fourth-order valence-corrected chi connectivity index (χ4v) is 3.44. The minimum atomic E-state index is -4.55. The zero-order valence-corrected chi connectivity index (χ0v) is 10.8. The van der Waals surface area contributed by atoms with E-state index in [2.05, 4.69) is 0 Å². The highest BCUT2D eigenvalue weighted by Crippen LogP contribution is 2.34. The number of nitrogens with two attached hydrogens (primary N) is 1. The molecular formula is C12H14F3NO2S. The van der Waals surface area contributed by atoms with Crippen LogP contribution >= 0.6 is 0 Å². The van der Waals surface area contributed by atoms with Crippen molar-refractivity contribution in [2.24, 2.45) is 11.7 Å². The third-order valence-corrected chi connectivity index (χ3v) is 4.96. The summed E-state index contributed by atoms with van der Waals surface area (Å²) in [5.74, 6) is -0.125. The van der Waals surface area contributed by atoms with Gasteiger partial charge in [0.05, 0.1) is 16.2 Å². The lowest BCUT2D eigenvalue weighted by atomic mass is 10.2. The molecule has 1 unspecified atom stereocenters. The second-order valence-electron chi connectivity index (χ2n) is 4.81. The lowest BCUT2D eigenvalue weighted by molar-refractivity contribution is -0.137. The van der Waals surface area contributed by atoms with Crippen LogP contribution in [0, 0.1) is 5.92 Å². The summed E-state index contributed by atoms with van der Waals surface area (Å²) in [7, 11) is -3.77. The Bertz CT molecular complexity index is 565. The fourth-order valence-electron chi connectivity index (χ4n) is 1.88. The van der Waals surface area contributed by atoms with Crippen molar-refractivity contribution in [2.75, 3.05) is 5.75 Å². The van der Waals surface area contributed by atoms with E-state index in [9.17, 15) is 21.6 Å². The van der Waals surface area contributed by atoms with Crippen LogP contribution in [-0.2, 0) is 16.0 Å². The molecule has 1 aromatic rings. The number of rotatable bonds is 4. The number of halogens is 3. The first-order valence-electron chi connectivity index (χ1n) is 5.86. The van der Waals surface area contributed by atoms with Crippen molar-refractivity contribution in [3.63, 3.8) is 0 Å². The summed E-state index contributed by atoms with van der Waals surface area (Å²) in [6.45, 7) is 0. The van der Waals surface area contributed by atoms with Gasteiger partial charge >= 0.3 is 6.18 Å². The van der Waals surface area contributed by atoms with Crippen molar-refractivity contribution in [2.45, 2.75) is 30.0 Å². The highest BCUT2D eigenvalue weighted by molar-refractivity contribution is 7.91. The van der Waals surface area contributed by atoms with Crippen LogP contribution in [0.15, 0.2) is 29.2 Å². The predicted octanol–water partition coefficient (Wildman–Crippen LogP) is 2.22. The van der Waals surface area contributed by atoms with Gasteiger partial charge in [0, 0.05) is 6.04 Å². The zero-order valence-electron chi connectivity index (χ0n) is 10.0. The van der Waals surface area contributed by atoms with Gasteiger partial charge in [-0.15, -0.1) is 0 Å². The minimum Gasteiger partial charge on any atom is -0.327 e. The molecule has 7 heteroatoms. The molecule has 0 aromatic heterocycles. The van der Waals surface area contributed by atoms with Crippen LogP contribution in [0.2, 0.25) is 0 Å². The van der Waals surface area contributed by atoms with Gasteiger partial charge < -0.3 is 5.73 Å². The van der Waals surface area contributed by atoms with E-state index in [1.807, 2.05) is 0 Å². The molecule has 0 bridgehead atoms. The topological polar surface area (TPSA) is 60.2 Å². The first-order valence-corrected chi connectivity index (χ1v) is 7.51. The summed E-state index contributed by atoms with van der Waals surface area (Å²) in [6, 6.07) is 3.27. The molecule has 1 atom stereocenters. The van der Waals surface area contributed by atoms with Gasteiger partial charge in [0.2, 0.25) is 0 Å². The van der Waals surface area contributed by atoms with E-state index >= 15 is 0 Å². The Balaban J connectivity index is 2.24. The molecule has 0 amide bonds. The maximum Gasteiger partial charge on any atom is 0.416 e. The molecule has 0 saturated heterocycles. The lowest BCUT2D eigenvalue weighted by Crippen LogP contribution is -2.31. The molecule has 1 aliphatic carbocycles. The molecule has 1 saturated carbocycles. The van der Waals surface area contributed by atoms with Gasteiger partial charge in [-0.25, -0.2) is 8.42 Å². The van der Waals surface area contributed by atoms with E-state index < -0.39 is 27.6 Å². The smallest absolute Gasteiger partial charge is 0.327 e. The van der Waals surface area contributed by atoms with Crippen molar-refractivity contribution in [1.29, 1.82) is 0 Å². The molecule has 0 spiro atoms.